The summed E-state index contributed by atoms with van der Waals surface area (Å²) < 4.78 is 10.4. The van der Waals surface area contributed by atoms with E-state index in [2.05, 4.69) is 4.99 Å². The van der Waals surface area contributed by atoms with Crippen molar-refractivity contribution in [1.82, 2.24) is 0 Å². The molecule has 2 heterocycles. The predicted octanol–water partition coefficient (Wildman–Crippen LogP) is 3.10. The molecule has 0 N–H and O–H groups in total. The summed E-state index contributed by atoms with van der Waals surface area (Å²) >= 11 is 1.48. The van der Waals surface area contributed by atoms with E-state index in [1.54, 1.807) is 13.2 Å². The fraction of sp³-hybridized carbons (Fsp3) is 0.0667. The first kappa shape index (κ1) is 12.6. The maximum absolute atomic E-state index is 11.8. The van der Waals surface area contributed by atoms with E-state index in [1.165, 1.54) is 11.3 Å². The Hall–Kier alpha value is -2.40. The van der Waals surface area contributed by atoms with E-state index in [-0.39, 0.29) is 5.70 Å². The van der Waals surface area contributed by atoms with E-state index in [4.69, 9.17) is 9.47 Å². The summed E-state index contributed by atoms with van der Waals surface area (Å²) in [5.74, 6) is 0.595. The van der Waals surface area contributed by atoms with Crippen LogP contribution in [0.25, 0.3) is 6.08 Å². The van der Waals surface area contributed by atoms with Gasteiger partial charge in [0.05, 0.1) is 12.0 Å². The third kappa shape index (κ3) is 2.35. The monoisotopic (exact) mass is 285 g/mol. The quantitative estimate of drug-likeness (QED) is 0.643. The van der Waals surface area contributed by atoms with Gasteiger partial charge in [0.15, 0.2) is 5.70 Å². The average molecular weight is 285 g/mol. The van der Waals surface area contributed by atoms with E-state index >= 15 is 0 Å². The van der Waals surface area contributed by atoms with Crippen molar-refractivity contribution in [1.29, 1.82) is 0 Å². The van der Waals surface area contributed by atoms with Gasteiger partial charge in [0.25, 0.3) is 0 Å². The fourth-order valence-corrected chi connectivity index (χ4v) is 2.50. The van der Waals surface area contributed by atoms with Crippen molar-refractivity contribution in [3.05, 3.63) is 57.9 Å². The van der Waals surface area contributed by atoms with Crippen molar-refractivity contribution < 1.29 is 14.3 Å². The van der Waals surface area contributed by atoms with Gasteiger partial charge in [-0.05, 0) is 23.6 Å². The Kier molecular flexibility index (Phi) is 3.35. The zero-order valence-corrected chi connectivity index (χ0v) is 11.5. The minimum atomic E-state index is -0.445. The zero-order chi connectivity index (χ0) is 13.9. The van der Waals surface area contributed by atoms with Gasteiger partial charge in [-0.1, -0.05) is 24.3 Å². The summed E-state index contributed by atoms with van der Waals surface area (Å²) in [5.41, 5.74) is 1.07. The highest BCUT2D eigenvalue weighted by Gasteiger charge is 2.24. The van der Waals surface area contributed by atoms with Gasteiger partial charge in [-0.2, -0.15) is 0 Å². The molecule has 1 aromatic heterocycles. The van der Waals surface area contributed by atoms with Crippen molar-refractivity contribution in [2.75, 3.05) is 7.11 Å². The van der Waals surface area contributed by atoms with Gasteiger partial charge in [-0.15, -0.1) is 11.3 Å². The SMILES string of the molecule is COc1ccccc1C=C1N=C(c2cccs2)OC1=O. The van der Waals surface area contributed by atoms with Crippen molar-refractivity contribution in [3.63, 3.8) is 0 Å². The number of aliphatic imine (C=N–C) groups is 1. The molecule has 4 nitrogen and oxygen atoms in total. The van der Waals surface area contributed by atoms with Gasteiger partial charge < -0.3 is 9.47 Å². The lowest BCUT2D eigenvalue weighted by atomic mass is 10.1. The summed E-state index contributed by atoms with van der Waals surface area (Å²) in [5, 5.41) is 1.91. The van der Waals surface area contributed by atoms with E-state index in [0.717, 1.165) is 10.4 Å². The van der Waals surface area contributed by atoms with E-state index in [1.807, 2.05) is 41.8 Å². The number of para-hydroxylation sites is 1. The number of ether oxygens (including phenoxy) is 2. The van der Waals surface area contributed by atoms with Crippen LogP contribution < -0.4 is 4.74 Å². The molecule has 0 bridgehead atoms. The maximum atomic E-state index is 11.8. The maximum Gasteiger partial charge on any atom is 0.363 e. The molecule has 1 aliphatic rings. The highest BCUT2D eigenvalue weighted by molar-refractivity contribution is 7.12. The number of carbonyl (C=O) groups is 1. The molecule has 20 heavy (non-hydrogen) atoms. The highest BCUT2D eigenvalue weighted by Crippen LogP contribution is 2.25. The number of carbonyl (C=O) groups excluding carboxylic acids is 1. The van der Waals surface area contributed by atoms with Crippen LogP contribution in [0.1, 0.15) is 10.4 Å². The molecule has 0 radical (unpaired) electrons. The molecule has 0 fully saturated rings. The fourth-order valence-electron chi connectivity index (χ4n) is 1.85. The summed E-state index contributed by atoms with van der Waals surface area (Å²) in [6, 6.07) is 11.2. The predicted molar refractivity (Wildman–Crippen MR) is 77.9 cm³/mol. The molecule has 2 aromatic rings. The Bertz CT molecular complexity index is 702. The lowest BCUT2D eigenvalue weighted by Crippen LogP contribution is -2.03. The van der Waals surface area contributed by atoms with Crippen LogP contribution in [-0.4, -0.2) is 19.0 Å². The van der Waals surface area contributed by atoms with Crippen molar-refractivity contribution in [3.8, 4) is 5.75 Å². The van der Waals surface area contributed by atoms with Gasteiger partial charge in [0.1, 0.15) is 5.75 Å². The number of methoxy groups -OCH3 is 1. The van der Waals surface area contributed by atoms with E-state index < -0.39 is 5.97 Å². The van der Waals surface area contributed by atoms with Crippen LogP contribution >= 0.6 is 11.3 Å². The molecule has 1 aromatic carbocycles. The van der Waals surface area contributed by atoms with Crippen LogP contribution in [-0.2, 0) is 9.53 Å². The molecule has 1 aliphatic heterocycles. The van der Waals surface area contributed by atoms with Crippen LogP contribution in [0.4, 0.5) is 0 Å². The normalized spacial score (nSPS) is 16.1. The number of hydrogen-bond acceptors (Lipinski definition) is 5. The van der Waals surface area contributed by atoms with Gasteiger partial charge >= 0.3 is 5.97 Å². The summed E-state index contributed by atoms with van der Waals surface area (Å²) in [4.78, 5) is 16.9. The second-order valence-electron chi connectivity index (χ2n) is 4.06. The molecular weight excluding hydrogens is 274 g/mol. The number of rotatable bonds is 3. The standard InChI is InChI=1S/C15H11NO3S/c1-18-12-6-3-2-5-10(12)9-11-15(17)19-14(16-11)13-7-4-8-20-13/h2-9H,1H3. The van der Waals surface area contributed by atoms with Gasteiger partial charge in [-0.3, -0.25) is 0 Å². The number of cyclic esters (lactones) is 1. The van der Waals surface area contributed by atoms with E-state index in [9.17, 15) is 4.79 Å². The number of nitrogens with zero attached hydrogens (tertiary/aromatic N) is 1. The molecular formula is C15H11NO3S. The minimum absolute atomic E-state index is 0.276. The van der Waals surface area contributed by atoms with Crippen LogP contribution in [0.5, 0.6) is 5.75 Å². The first-order chi connectivity index (χ1) is 9.78. The largest absolute Gasteiger partial charge is 0.496 e. The molecule has 0 saturated heterocycles. The number of esters is 1. The molecule has 0 amide bonds. The lowest BCUT2D eigenvalue weighted by molar-refractivity contribution is -0.129. The highest BCUT2D eigenvalue weighted by atomic mass is 32.1. The first-order valence-corrected chi connectivity index (χ1v) is 6.85. The molecule has 5 heteroatoms. The first-order valence-electron chi connectivity index (χ1n) is 5.97. The van der Waals surface area contributed by atoms with Crippen LogP contribution in [0, 0.1) is 0 Å². The number of benzene rings is 1. The Morgan fingerprint density at radius 2 is 2.10 bits per heavy atom. The average Bonchev–Trinajstić information content (AvgIpc) is 3.10. The topological polar surface area (TPSA) is 47.9 Å². The van der Waals surface area contributed by atoms with Crippen molar-refractivity contribution in [2.24, 2.45) is 4.99 Å². The Morgan fingerprint density at radius 1 is 1.25 bits per heavy atom. The lowest BCUT2D eigenvalue weighted by Gasteiger charge is -2.03. The summed E-state index contributed by atoms with van der Waals surface area (Å²) in [6.45, 7) is 0. The molecule has 0 aliphatic carbocycles. The van der Waals surface area contributed by atoms with Crippen LogP contribution in [0.3, 0.4) is 0 Å². The number of hydrogen-bond donors (Lipinski definition) is 0. The Morgan fingerprint density at radius 3 is 2.85 bits per heavy atom. The smallest absolute Gasteiger partial charge is 0.363 e. The van der Waals surface area contributed by atoms with Gasteiger partial charge in [-0.25, -0.2) is 9.79 Å². The van der Waals surface area contributed by atoms with Crippen molar-refractivity contribution >= 4 is 29.3 Å². The molecule has 0 atom stereocenters. The third-order valence-electron chi connectivity index (χ3n) is 2.78. The van der Waals surface area contributed by atoms with E-state index in [0.29, 0.717) is 11.6 Å². The second-order valence-corrected chi connectivity index (χ2v) is 5.00. The molecule has 3 rings (SSSR count). The minimum Gasteiger partial charge on any atom is -0.496 e. The molecule has 0 spiro atoms. The molecule has 0 unspecified atom stereocenters. The van der Waals surface area contributed by atoms with Crippen LogP contribution in [0.15, 0.2) is 52.5 Å². The van der Waals surface area contributed by atoms with Gasteiger partial charge in [0.2, 0.25) is 5.90 Å². The third-order valence-corrected chi connectivity index (χ3v) is 3.64. The zero-order valence-electron chi connectivity index (χ0n) is 10.7. The number of thiophene rings is 1. The summed E-state index contributed by atoms with van der Waals surface area (Å²) in [7, 11) is 1.59. The Balaban J connectivity index is 1.97. The molecule has 0 saturated carbocycles. The van der Waals surface area contributed by atoms with Crippen LogP contribution in [0.2, 0.25) is 0 Å². The molecule has 100 valence electrons. The Labute approximate surface area is 120 Å². The summed E-state index contributed by atoms with van der Waals surface area (Å²) in [6.07, 6.45) is 1.67. The van der Waals surface area contributed by atoms with Gasteiger partial charge in [0, 0.05) is 5.56 Å². The van der Waals surface area contributed by atoms with Crippen molar-refractivity contribution in [2.45, 2.75) is 0 Å². The second kappa shape index (κ2) is 5.30.